The van der Waals surface area contributed by atoms with Crippen LogP contribution in [-0.2, 0) is 33.3 Å². The van der Waals surface area contributed by atoms with Gasteiger partial charge in [0.05, 0.1) is 0 Å². The van der Waals surface area contributed by atoms with E-state index in [1.165, 1.54) is 6.26 Å². The molecule has 0 aromatic heterocycles. The third-order valence-corrected chi connectivity index (χ3v) is 6.46. The van der Waals surface area contributed by atoms with E-state index < -0.39 is 21.4 Å². The van der Waals surface area contributed by atoms with E-state index in [0.717, 1.165) is 12.5 Å². The lowest BCUT2D eigenvalue weighted by atomic mass is 9.76. The molecule has 0 spiro atoms. The molecule has 3 N–H and O–H groups in total. The van der Waals surface area contributed by atoms with Gasteiger partial charge in [-0.1, -0.05) is 50.2 Å². The first-order chi connectivity index (χ1) is 14.8. The van der Waals surface area contributed by atoms with Crippen molar-refractivity contribution in [1.29, 1.82) is 0 Å². The van der Waals surface area contributed by atoms with Crippen molar-refractivity contribution in [3.63, 3.8) is 0 Å². The Balaban J connectivity index is 0.000000837. The third kappa shape index (κ3) is 6.54. The summed E-state index contributed by atoms with van der Waals surface area (Å²) in [6, 6.07) is 13.2. The number of benzene rings is 2. The van der Waals surface area contributed by atoms with Crippen LogP contribution in [0.2, 0.25) is 0 Å². The average Bonchev–Trinajstić information content (AvgIpc) is 2.67. The number of aliphatic carboxylic acids is 1. The quantitative estimate of drug-likeness (QED) is 0.602. The number of sulfone groups is 1. The summed E-state index contributed by atoms with van der Waals surface area (Å²) < 4.78 is 31.2. The topological polar surface area (TPSA) is 113 Å². The molecule has 7 nitrogen and oxygen atoms in total. The highest BCUT2D eigenvalue weighted by atomic mass is 32.2. The second kappa shape index (κ2) is 10.5. The molecule has 0 bridgehead atoms. The van der Waals surface area contributed by atoms with E-state index in [1.54, 1.807) is 19.1 Å². The predicted octanol–water partition coefficient (Wildman–Crippen LogP) is 3.28. The molecule has 3 rings (SSSR count). The van der Waals surface area contributed by atoms with E-state index >= 15 is 0 Å². The summed E-state index contributed by atoms with van der Waals surface area (Å²) in [4.78, 5) is 9.20. The van der Waals surface area contributed by atoms with Crippen LogP contribution in [0.4, 0.5) is 0 Å². The summed E-state index contributed by atoms with van der Waals surface area (Å²) in [5.41, 5.74) is 1.13. The Hall–Kier alpha value is -2.42. The van der Waals surface area contributed by atoms with E-state index in [0.29, 0.717) is 29.7 Å². The monoisotopic (exact) mass is 463 g/mol. The van der Waals surface area contributed by atoms with Crippen LogP contribution in [-0.4, -0.2) is 42.9 Å². The molecule has 0 saturated carbocycles. The van der Waals surface area contributed by atoms with Gasteiger partial charge in [-0.15, -0.1) is 0 Å². The molecule has 2 aromatic carbocycles. The van der Waals surface area contributed by atoms with E-state index in [-0.39, 0.29) is 23.6 Å². The van der Waals surface area contributed by atoms with E-state index in [1.807, 2.05) is 44.2 Å². The Morgan fingerprint density at radius 2 is 1.81 bits per heavy atom. The number of hydrogen-bond donors (Lipinski definition) is 3. The fourth-order valence-corrected chi connectivity index (χ4v) is 5.14. The maximum atomic E-state index is 12.6. The molecule has 0 saturated heterocycles. The molecule has 0 aliphatic heterocycles. The molecule has 176 valence electrons. The lowest BCUT2D eigenvalue weighted by Gasteiger charge is -2.41. The van der Waals surface area contributed by atoms with Crippen molar-refractivity contribution in [3.05, 3.63) is 59.2 Å². The van der Waals surface area contributed by atoms with E-state index in [4.69, 9.17) is 14.6 Å². The molecule has 8 heteroatoms. The highest BCUT2D eigenvalue weighted by molar-refractivity contribution is 7.90. The third-order valence-electron chi connectivity index (χ3n) is 5.27. The largest absolute Gasteiger partial charge is 0.488 e. The number of carbonyl (C=O) groups is 1. The van der Waals surface area contributed by atoms with Crippen LogP contribution in [0.3, 0.4) is 0 Å². The summed E-state index contributed by atoms with van der Waals surface area (Å²) >= 11 is 0. The lowest BCUT2D eigenvalue weighted by Crippen LogP contribution is -2.52. The molecule has 2 aromatic rings. The first kappa shape index (κ1) is 25.8. The Labute approximate surface area is 190 Å². The molecular weight excluding hydrogens is 430 g/mol. The summed E-state index contributed by atoms with van der Waals surface area (Å²) in [6.07, 6.45) is 2.43. The molecule has 32 heavy (non-hydrogen) atoms. The van der Waals surface area contributed by atoms with Crippen LogP contribution in [0.5, 0.6) is 5.75 Å². The minimum absolute atomic E-state index is 0.136. The molecule has 0 radical (unpaired) electrons. The van der Waals surface area contributed by atoms with Gasteiger partial charge < -0.3 is 20.3 Å². The number of aliphatic hydroxyl groups is 1. The van der Waals surface area contributed by atoms with Crippen LogP contribution in [0.1, 0.15) is 50.8 Å². The van der Waals surface area contributed by atoms with Crippen molar-refractivity contribution < 1.29 is 28.2 Å². The van der Waals surface area contributed by atoms with E-state index in [2.05, 4.69) is 5.32 Å². The molecule has 2 atom stereocenters. The fourth-order valence-electron chi connectivity index (χ4n) is 3.99. The van der Waals surface area contributed by atoms with Crippen molar-refractivity contribution in [1.82, 2.24) is 5.32 Å². The van der Waals surface area contributed by atoms with Gasteiger partial charge in [-0.3, -0.25) is 4.79 Å². The van der Waals surface area contributed by atoms with Crippen molar-refractivity contribution in [3.8, 4) is 5.75 Å². The van der Waals surface area contributed by atoms with Gasteiger partial charge in [0.1, 0.15) is 22.9 Å². The van der Waals surface area contributed by atoms with Crippen molar-refractivity contribution >= 4 is 15.8 Å². The van der Waals surface area contributed by atoms with Crippen LogP contribution in [0, 0.1) is 0 Å². The molecule has 2 unspecified atom stereocenters. The standard InChI is InChI=1S/C22H29NO4S.C2H4O2/c1-15(2)23-20-13-10-17-18(22(20,3)24)11-12-19(21(17)28(4,25)26)27-14-16-8-6-5-7-9-16;1-2(3)4/h5-9,11-12,15,20,23-24H,10,13-14H2,1-4H3;1H3,(H,3,4). The highest BCUT2D eigenvalue weighted by Crippen LogP contribution is 2.42. The van der Waals surface area contributed by atoms with Gasteiger partial charge in [0, 0.05) is 25.3 Å². The Bertz CT molecular complexity index is 1030. The first-order valence-corrected chi connectivity index (χ1v) is 12.4. The van der Waals surface area contributed by atoms with E-state index in [9.17, 15) is 13.5 Å². The molecule has 1 aliphatic rings. The lowest BCUT2D eigenvalue weighted by molar-refractivity contribution is -0.134. The van der Waals surface area contributed by atoms with Gasteiger partial charge in [-0.05, 0) is 42.5 Å². The average molecular weight is 464 g/mol. The number of carboxylic acids is 1. The van der Waals surface area contributed by atoms with Gasteiger partial charge in [-0.25, -0.2) is 8.42 Å². The van der Waals surface area contributed by atoms with Crippen molar-refractivity contribution in [2.24, 2.45) is 0 Å². The van der Waals surface area contributed by atoms with Gasteiger partial charge in [0.15, 0.2) is 9.84 Å². The molecule has 0 heterocycles. The number of carboxylic acid groups (broad SMARTS) is 1. The zero-order chi connectivity index (χ0) is 24.1. The van der Waals surface area contributed by atoms with Gasteiger partial charge in [0.2, 0.25) is 0 Å². The van der Waals surface area contributed by atoms with Crippen molar-refractivity contribution in [2.45, 2.75) is 69.7 Å². The summed E-state index contributed by atoms with van der Waals surface area (Å²) in [5.74, 6) is -0.490. The number of rotatable bonds is 6. The second-order valence-electron chi connectivity index (χ2n) is 8.54. The molecule has 0 fully saturated rings. The van der Waals surface area contributed by atoms with Crippen molar-refractivity contribution in [2.75, 3.05) is 6.26 Å². The Morgan fingerprint density at radius 3 is 2.34 bits per heavy atom. The Kier molecular flexibility index (Phi) is 8.45. The summed E-state index contributed by atoms with van der Waals surface area (Å²) in [6.45, 7) is 7.19. The maximum Gasteiger partial charge on any atom is 0.300 e. The zero-order valence-corrected chi connectivity index (χ0v) is 20.1. The van der Waals surface area contributed by atoms with Crippen LogP contribution < -0.4 is 10.1 Å². The van der Waals surface area contributed by atoms with Crippen LogP contribution >= 0.6 is 0 Å². The zero-order valence-electron chi connectivity index (χ0n) is 19.3. The van der Waals surface area contributed by atoms with Gasteiger partial charge in [-0.2, -0.15) is 0 Å². The SMILES string of the molecule is CC(=O)O.CC(C)NC1CCc2c(ccc(OCc3ccccc3)c2S(C)(=O)=O)C1(C)O. The minimum atomic E-state index is -3.53. The minimum Gasteiger partial charge on any atom is -0.488 e. The van der Waals surface area contributed by atoms with Gasteiger partial charge >= 0.3 is 0 Å². The number of nitrogens with one attached hydrogen (secondary N) is 1. The summed E-state index contributed by atoms with van der Waals surface area (Å²) in [7, 11) is -3.53. The molecular formula is C24H33NO6S. The second-order valence-corrected chi connectivity index (χ2v) is 10.5. The smallest absolute Gasteiger partial charge is 0.300 e. The Morgan fingerprint density at radius 1 is 1.22 bits per heavy atom. The van der Waals surface area contributed by atoms with Gasteiger partial charge in [0.25, 0.3) is 5.97 Å². The maximum absolute atomic E-state index is 12.6. The number of ether oxygens (including phenoxy) is 1. The first-order valence-electron chi connectivity index (χ1n) is 10.5. The fraction of sp³-hybridized carbons (Fsp3) is 0.458. The normalized spacial score (nSPS) is 20.2. The highest BCUT2D eigenvalue weighted by Gasteiger charge is 2.41. The number of hydrogen-bond acceptors (Lipinski definition) is 6. The molecule has 0 amide bonds. The number of fused-ring (bicyclic) bond motifs is 1. The van der Waals surface area contributed by atoms with Crippen LogP contribution in [0.15, 0.2) is 47.4 Å². The predicted molar refractivity (Wildman–Crippen MR) is 124 cm³/mol. The molecule has 1 aliphatic carbocycles. The summed E-state index contributed by atoms with van der Waals surface area (Å²) in [5, 5.41) is 22.0. The van der Waals surface area contributed by atoms with Crippen LogP contribution in [0.25, 0.3) is 0 Å².